The first-order chi connectivity index (χ1) is 13.5. The lowest BCUT2D eigenvalue weighted by atomic mass is 9.78. The maximum Gasteiger partial charge on any atom is 0.238 e. The van der Waals surface area contributed by atoms with E-state index in [1.807, 2.05) is 36.4 Å². The highest BCUT2D eigenvalue weighted by atomic mass is 16.2. The highest BCUT2D eigenvalue weighted by Crippen LogP contribution is 2.38. The summed E-state index contributed by atoms with van der Waals surface area (Å²) in [4.78, 5) is 26.2. The Bertz CT molecular complexity index is 779. The van der Waals surface area contributed by atoms with Crippen molar-refractivity contribution in [2.24, 2.45) is 11.1 Å². The molecule has 0 radical (unpaired) electrons. The molecular formula is C23H29N3O2. The van der Waals surface area contributed by atoms with Gasteiger partial charge in [0, 0.05) is 18.7 Å². The molecule has 1 fully saturated rings. The first-order valence-corrected chi connectivity index (χ1v) is 9.94. The number of anilines is 1. The van der Waals surface area contributed by atoms with Crippen LogP contribution in [-0.2, 0) is 16.0 Å². The van der Waals surface area contributed by atoms with Crippen molar-refractivity contribution in [2.45, 2.75) is 32.1 Å². The van der Waals surface area contributed by atoms with Crippen LogP contribution in [0.5, 0.6) is 0 Å². The second-order valence-corrected chi connectivity index (χ2v) is 7.86. The van der Waals surface area contributed by atoms with Crippen LogP contribution in [0.25, 0.3) is 0 Å². The number of hydrogen-bond acceptors (Lipinski definition) is 3. The number of rotatable bonds is 9. The van der Waals surface area contributed by atoms with Crippen molar-refractivity contribution < 1.29 is 9.59 Å². The van der Waals surface area contributed by atoms with Crippen molar-refractivity contribution in [1.29, 1.82) is 0 Å². The Kier molecular flexibility index (Phi) is 6.82. The predicted octanol–water partition coefficient (Wildman–Crippen LogP) is 3.22. The van der Waals surface area contributed by atoms with Crippen LogP contribution in [-0.4, -0.2) is 36.3 Å². The molecule has 0 saturated carbocycles. The van der Waals surface area contributed by atoms with Crippen molar-refractivity contribution >= 4 is 17.5 Å². The van der Waals surface area contributed by atoms with Gasteiger partial charge in [-0.3, -0.25) is 14.5 Å². The van der Waals surface area contributed by atoms with Crippen LogP contribution < -0.4 is 11.1 Å². The van der Waals surface area contributed by atoms with E-state index in [1.54, 1.807) is 0 Å². The Hall–Kier alpha value is -2.66. The predicted molar refractivity (Wildman–Crippen MR) is 112 cm³/mol. The van der Waals surface area contributed by atoms with Gasteiger partial charge in [0.05, 0.1) is 6.54 Å². The molecule has 2 aromatic carbocycles. The fourth-order valence-corrected chi connectivity index (χ4v) is 4.21. The Morgan fingerprint density at radius 3 is 2.39 bits per heavy atom. The average molecular weight is 380 g/mol. The third-order valence-corrected chi connectivity index (χ3v) is 5.51. The van der Waals surface area contributed by atoms with Gasteiger partial charge >= 0.3 is 0 Å². The molecular weight excluding hydrogens is 350 g/mol. The Morgan fingerprint density at radius 2 is 1.71 bits per heavy atom. The number of aryl methyl sites for hydroxylation is 1. The summed E-state index contributed by atoms with van der Waals surface area (Å²) in [6, 6.07) is 19.9. The molecule has 5 nitrogen and oxygen atoms in total. The molecule has 0 bridgehead atoms. The molecule has 1 saturated heterocycles. The lowest BCUT2D eigenvalue weighted by Gasteiger charge is -2.28. The molecule has 1 aliphatic rings. The molecule has 3 rings (SSSR count). The van der Waals surface area contributed by atoms with Crippen LogP contribution in [0.3, 0.4) is 0 Å². The smallest absolute Gasteiger partial charge is 0.238 e. The monoisotopic (exact) mass is 379 g/mol. The van der Waals surface area contributed by atoms with E-state index in [0.29, 0.717) is 13.0 Å². The summed E-state index contributed by atoms with van der Waals surface area (Å²) in [5, 5.41) is 2.93. The summed E-state index contributed by atoms with van der Waals surface area (Å²) in [6.45, 7) is 1.90. The average Bonchev–Trinajstić information content (AvgIpc) is 3.05. The Balaban J connectivity index is 1.53. The molecule has 2 amide bonds. The first-order valence-electron chi connectivity index (χ1n) is 9.94. The van der Waals surface area contributed by atoms with E-state index >= 15 is 0 Å². The fourth-order valence-electron chi connectivity index (χ4n) is 4.21. The van der Waals surface area contributed by atoms with Crippen molar-refractivity contribution in [1.82, 2.24) is 4.90 Å². The van der Waals surface area contributed by atoms with Gasteiger partial charge in [-0.05, 0) is 55.3 Å². The van der Waals surface area contributed by atoms with Gasteiger partial charge in [-0.2, -0.15) is 0 Å². The van der Waals surface area contributed by atoms with E-state index in [1.165, 1.54) is 5.56 Å². The van der Waals surface area contributed by atoms with Gasteiger partial charge in [-0.15, -0.1) is 0 Å². The SMILES string of the molecule is NC(=O)CC1(CCCc2ccccc2)CCN(CC(=O)Nc2ccccc2)C1. The van der Waals surface area contributed by atoms with Gasteiger partial charge in [0.25, 0.3) is 0 Å². The number of carbonyl (C=O) groups excluding carboxylic acids is 2. The molecule has 28 heavy (non-hydrogen) atoms. The van der Waals surface area contributed by atoms with Crippen LogP contribution in [0.1, 0.15) is 31.2 Å². The fraction of sp³-hybridized carbons (Fsp3) is 0.391. The molecule has 2 aromatic rings. The molecule has 0 aromatic heterocycles. The quantitative estimate of drug-likeness (QED) is 0.702. The standard InChI is InChI=1S/C23H29N3O2/c24-21(27)16-23(13-7-10-19-8-3-1-4-9-19)14-15-26(18-23)17-22(28)25-20-11-5-2-6-12-20/h1-6,8-9,11-12H,7,10,13-18H2,(H2,24,27)(H,25,28). The van der Waals surface area contributed by atoms with Crippen LogP contribution in [0, 0.1) is 5.41 Å². The van der Waals surface area contributed by atoms with E-state index in [2.05, 4.69) is 34.5 Å². The number of nitrogens with one attached hydrogen (secondary N) is 1. The third-order valence-electron chi connectivity index (χ3n) is 5.51. The number of hydrogen-bond donors (Lipinski definition) is 2. The number of nitrogens with two attached hydrogens (primary N) is 1. The number of likely N-dealkylation sites (tertiary alicyclic amines) is 1. The molecule has 148 valence electrons. The number of nitrogens with zero attached hydrogens (tertiary/aromatic N) is 1. The van der Waals surface area contributed by atoms with E-state index in [-0.39, 0.29) is 17.2 Å². The molecule has 1 aliphatic heterocycles. The Labute approximate surface area is 166 Å². The number of carbonyl (C=O) groups is 2. The van der Waals surface area contributed by atoms with Gasteiger partial charge in [-0.1, -0.05) is 48.5 Å². The van der Waals surface area contributed by atoms with Crippen LogP contribution in [0.2, 0.25) is 0 Å². The lowest BCUT2D eigenvalue weighted by molar-refractivity contribution is -0.120. The molecule has 5 heteroatoms. The summed E-state index contributed by atoms with van der Waals surface area (Å²) in [5.74, 6) is -0.277. The number of amides is 2. The van der Waals surface area contributed by atoms with Crippen LogP contribution >= 0.6 is 0 Å². The van der Waals surface area contributed by atoms with E-state index in [9.17, 15) is 9.59 Å². The zero-order chi connectivity index (χ0) is 19.8. The van der Waals surface area contributed by atoms with E-state index in [4.69, 9.17) is 5.73 Å². The number of primary amides is 1. The molecule has 0 aliphatic carbocycles. The number of benzene rings is 2. The van der Waals surface area contributed by atoms with Crippen molar-refractivity contribution in [3.8, 4) is 0 Å². The summed E-state index contributed by atoms with van der Waals surface area (Å²) >= 11 is 0. The van der Waals surface area contributed by atoms with Crippen molar-refractivity contribution in [3.63, 3.8) is 0 Å². The zero-order valence-corrected chi connectivity index (χ0v) is 16.3. The second kappa shape index (κ2) is 9.51. The topological polar surface area (TPSA) is 75.4 Å². The second-order valence-electron chi connectivity index (χ2n) is 7.86. The van der Waals surface area contributed by atoms with Crippen molar-refractivity contribution in [3.05, 3.63) is 66.2 Å². The van der Waals surface area contributed by atoms with Crippen molar-refractivity contribution in [2.75, 3.05) is 25.0 Å². The first kappa shape index (κ1) is 20.1. The molecule has 0 spiro atoms. The minimum Gasteiger partial charge on any atom is -0.370 e. The molecule has 1 atom stereocenters. The van der Waals surface area contributed by atoms with E-state index < -0.39 is 0 Å². The van der Waals surface area contributed by atoms with Gasteiger partial charge < -0.3 is 11.1 Å². The third kappa shape index (κ3) is 5.92. The normalized spacial score (nSPS) is 19.4. The summed E-state index contributed by atoms with van der Waals surface area (Å²) < 4.78 is 0. The minimum absolute atomic E-state index is 0.0228. The summed E-state index contributed by atoms with van der Waals surface area (Å²) in [5.41, 5.74) is 7.55. The largest absolute Gasteiger partial charge is 0.370 e. The zero-order valence-electron chi connectivity index (χ0n) is 16.3. The summed E-state index contributed by atoms with van der Waals surface area (Å²) in [7, 11) is 0. The highest BCUT2D eigenvalue weighted by molar-refractivity contribution is 5.92. The highest BCUT2D eigenvalue weighted by Gasteiger charge is 2.39. The molecule has 3 N–H and O–H groups in total. The van der Waals surface area contributed by atoms with Gasteiger partial charge in [0.1, 0.15) is 0 Å². The minimum atomic E-state index is -0.254. The van der Waals surface area contributed by atoms with E-state index in [0.717, 1.165) is 44.5 Å². The van der Waals surface area contributed by atoms with Crippen LogP contribution in [0.4, 0.5) is 5.69 Å². The van der Waals surface area contributed by atoms with Gasteiger partial charge in [0.15, 0.2) is 0 Å². The summed E-state index contributed by atoms with van der Waals surface area (Å²) in [6.07, 6.45) is 4.25. The molecule has 1 heterocycles. The van der Waals surface area contributed by atoms with Gasteiger partial charge in [-0.25, -0.2) is 0 Å². The lowest BCUT2D eigenvalue weighted by Crippen LogP contribution is -2.35. The van der Waals surface area contributed by atoms with Gasteiger partial charge in [0.2, 0.25) is 11.8 Å². The van der Waals surface area contributed by atoms with Crippen LogP contribution in [0.15, 0.2) is 60.7 Å². The maximum atomic E-state index is 12.4. The maximum absolute atomic E-state index is 12.4. The molecule has 1 unspecified atom stereocenters. The number of para-hydroxylation sites is 1. The Morgan fingerprint density at radius 1 is 1.04 bits per heavy atom.